The fourth-order valence-electron chi connectivity index (χ4n) is 4.97. The molecule has 0 saturated carbocycles. The van der Waals surface area contributed by atoms with E-state index in [0.717, 1.165) is 10.5 Å². The van der Waals surface area contributed by atoms with Gasteiger partial charge in [-0.2, -0.15) is 0 Å². The Labute approximate surface area is 224 Å². The maximum absolute atomic E-state index is 14.4. The number of aryl methyl sites for hydroxylation is 1. The lowest BCUT2D eigenvalue weighted by Gasteiger charge is -2.24. The molecule has 2 amide bonds. The molecule has 0 saturated heterocycles. The first-order chi connectivity index (χ1) is 18.8. The maximum atomic E-state index is 14.4. The number of aromatic nitrogens is 1. The van der Waals surface area contributed by atoms with E-state index in [4.69, 9.17) is 4.74 Å². The molecule has 0 aliphatic carbocycles. The van der Waals surface area contributed by atoms with E-state index in [-0.39, 0.29) is 23.1 Å². The van der Waals surface area contributed by atoms with E-state index < -0.39 is 42.0 Å². The van der Waals surface area contributed by atoms with Crippen LogP contribution in [0.25, 0.3) is 5.69 Å². The number of halogens is 1. The lowest BCUT2D eigenvalue weighted by atomic mass is 10.0. The van der Waals surface area contributed by atoms with Gasteiger partial charge in [0, 0.05) is 23.4 Å². The minimum Gasteiger partial charge on any atom is -0.456 e. The van der Waals surface area contributed by atoms with E-state index in [2.05, 4.69) is 0 Å². The van der Waals surface area contributed by atoms with Crippen molar-refractivity contribution in [3.63, 3.8) is 0 Å². The number of para-hydroxylation sites is 1. The third-order valence-corrected chi connectivity index (χ3v) is 6.85. The van der Waals surface area contributed by atoms with Crippen molar-refractivity contribution in [3.05, 3.63) is 124 Å². The predicted octanol–water partition coefficient (Wildman–Crippen LogP) is 4.87. The van der Waals surface area contributed by atoms with E-state index >= 15 is 0 Å². The van der Waals surface area contributed by atoms with Gasteiger partial charge in [-0.05, 0) is 49.7 Å². The van der Waals surface area contributed by atoms with Crippen molar-refractivity contribution in [3.8, 4) is 5.69 Å². The molecule has 3 aromatic carbocycles. The first-order valence-electron chi connectivity index (χ1n) is 12.4. The Morgan fingerprint density at radius 3 is 2.08 bits per heavy atom. The zero-order valence-corrected chi connectivity index (χ0v) is 21.4. The van der Waals surface area contributed by atoms with Crippen LogP contribution in [0.4, 0.5) is 4.39 Å². The molecular formula is C31H25FN2O5. The summed E-state index contributed by atoms with van der Waals surface area (Å²) < 4.78 is 21.5. The molecule has 196 valence electrons. The van der Waals surface area contributed by atoms with Gasteiger partial charge in [-0.1, -0.05) is 54.6 Å². The number of imide groups is 1. The average molecular weight is 525 g/mol. The Morgan fingerprint density at radius 2 is 1.44 bits per heavy atom. The number of amides is 2. The summed E-state index contributed by atoms with van der Waals surface area (Å²) in [5.74, 6) is -2.97. The predicted molar refractivity (Wildman–Crippen MR) is 141 cm³/mol. The Kier molecular flexibility index (Phi) is 6.94. The van der Waals surface area contributed by atoms with Crippen LogP contribution in [0.5, 0.6) is 0 Å². The minimum absolute atomic E-state index is 0.0289. The number of ether oxygens (including phenoxy) is 1. The third kappa shape index (κ3) is 4.77. The van der Waals surface area contributed by atoms with Crippen LogP contribution >= 0.6 is 0 Å². The summed E-state index contributed by atoms with van der Waals surface area (Å²) >= 11 is 0. The average Bonchev–Trinajstić information content (AvgIpc) is 3.38. The molecule has 0 spiro atoms. The number of carbonyl (C=O) groups excluding carboxylic acids is 4. The summed E-state index contributed by atoms with van der Waals surface area (Å²) in [7, 11) is 0. The molecule has 0 radical (unpaired) electrons. The summed E-state index contributed by atoms with van der Waals surface area (Å²) in [5, 5.41) is 0. The van der Waals surface area contributed by atoms with Gasteiger partial charge in [0.05, 0.1) is 16.8 Å². The van der Waals surface area contributed by atoms with Gasteiger partial charge in [0.2, 0.25) is 5.78 Å². The fourth-order valence-corrected chi connectivity index (χ4v) is 4.97. The number of esters is 1. The highest BCUT2D eigenvalue weighted by Crippen LogP contribution is 2.27. The van der Waals surface area contributed by atoms with Gasteiger partial charge in [-0.25, -0.2) is 9.18 Å². The fraction of sp³-hybridized carbons (Fsp3) is 0.161. The highest BCUT2D eigenvalue weighted by atomic mass is 19.1. The number of rotatable bonds is 8. The molecule has 8 heteroatoms. The molecule has 4 aromatic rings. The Hall–Kier alpha value is -4.85. The molecule has 1 atom stereocenters. The van der Waals surface area contributed by atoms with E-state index in [1.807, 2.05) is 6.07 Å². The Bertz CT molecular complexity index is 1570. The molecule has 2 heterocycles. The van der Waals surface area contributed by atoms with E-state index in [0.29, 0.717) is 17.1 Å². The molecule has 5 rings (SSSR count). The molecule has 39 heavy (non-hydrogen) atoms. The van der Waals surface area contributed by atoms with Crippen LogP contribution in [0.2, 0.25) is 0 Å². The van der Waals surface area contributed by atoms with Gasteiger partial charge in [-0.15, -0.1) is 0 Å². The zero-order chi connectivity index (χ0) is 27.7. The SMILES string of the molecule is Cc1cc(C(=O)COC(=O)C(Cc2ccccc2)N2C(=O)c3ccccc3C2=O)c(C)n1-c1ccccc1F. The molecule has 1 unspecified atom stereocenters. The second kappa shape index (κ2) is 10.5. The highest BCUT2D eigenvalue weighted by Gasteiger charge is 2.43. The number of fused-ring (bicyclic) bond motifs is 1. The van der Waals surface area contributed by atoms with Crippen LogP contribution in [0.3, 0.4) is 0 Å². The van der Waals surface area contributed by atoms with Crippen molar-refractivity contribution in [2.75, 3.05) is 6.61 Å². The smallest absolute Gasteiger partial charge is 0.330 e. The van der Waals surface area contributed by atoms with Gasteiger partial charge in [0.25, 0.3) is 11.8 Å². The van der Waals surface area contributed by atoms with E-state index in [9.17, 15) is 23.6 Å². The largest absolute Gasteiger partial charge is 0.456 e. The van der Waals surface area contributed by atoms with Crippen LogP contribution < -0.4 is 0 Å². The van der Waals surface area contributed by atoms with Crippen LogP contribution in [0, 0.1) is 19.7 Å². The van der Waals surface area contributed by atoms with Gasteiger partial charge < -0.3 is 9.30 Å². The molecular weight excluding hydrogens is 499 g/mol. The Morgan fingerprint density at radius 1 is 0.846 bits per heavy atom. The van der Waals surface area contributed by atoms with Crippen molar-refractivity contribution < 1.29 is 28.3 Å². The molecule has 0 fully saturated rings. The first-order valence-corrected chi connectivity index (χ1v) is 12.4. The molecule has 1 aromatic heterocycles. The Balaban J connectivity index is 1.38. The lowest BCUT2D eigenvalue weighted by molar-refractivity contribution is -0.147. The molecule has 0 N–H and O–H groups in total. The van der Waals surface area contributed by atoms with Gasteiger partial charge in [0.1, 0.15) is 11.9 Å². The summed E-state index contributed by atoms with van der Waals surface area (Å²) in [6.45, 7) is 2.83. The first kappa shape index (κ1) is 25.8. The monoisotopic (exact) mass is 524 g/mol. The second-order valence-electron chi connectivity index (χ2n) is 9.33. The quantitative estimate of drug-likeness (QED) is 0.187. The van der Waals surface area contributed by atoms with E-state index in [1.54, 1.807) is 79.1 Å². The minimum atomic E-state index is -1.27. The normalized spacial score (nSPS) is 13.4. The van der Waals surface area contributed by atoms with E-state index in [1.165, 1.54) is 18.2 Å². The molecule has 0 bridgehead atoms. The van der Waals surface area contributed by atoms with Crippen LogP contribution in [-0.2, 0) is 16.0 Å². The standard InChI is InChI=1S/C31H25FN2O5/c1-19-16-24(20(2)33(19)26-15-9-8-14-25(26)32)28(35)18-39-31(38)27(17-21-10-4-3-5-11-21)34-29(36)22-12-6-7-13-23(22)30(34)37/h3-16,27H,17-18H2,1-2H3. The second-order valence-corrected chi connectivity index (χ2v) is 9.33. The number of hydrogen-bond acceptors (Lipinski definition) is 5. The summed E-state index contributed by atoms with van der Waals surface area (Å²) in [5.41, 5.74) is 2.87. The molecule has 1 aliphatic heterocycles. The van der Waals surface area contributed by atoms with Crippen molar-refractivity contribution in [1.29, 1.82) is 0 Å². The van der Waals surface area contributed by atoms with Gasteiger partial charge in [0.15, 0.2) is 6.61 Å². The van der Waals surface area contributed by atoms with Crippen molar-refractivity contribution >= 4 is 23.6 Å². The zero-order valence-electron chi connectivity index (χ0n) is 21.4. The molecule has 1 aliphatic rings. The summed E-state index contributed by atoms with van der Waals surface area (Å²) in [6, 6.07) is 21.9. The van der Waals surface area contributed by atoms with Crippen LogP contribution in [0.1, 0.15) is 48.0 Å². The number of carbonyl (C=O) groups is 4. The van der Waals surface area contributed by atoms with Gasteiger partial charge >= 0.3 is 5.97 Å². The number of hydrogen-bond donors (Lipinski definition) is 0. The van der Waals surface area contributed by atoms with Crippen LogP contribution in [0.15, 0.2) is 84.9 Å². The topological polar surface area (TPSA) is 85.7 Å². The third-order valence-electron chi connectivity index (χ3n) is 6.85. The number of benzene rings is 3. The summed E-state index contributed by atoms with van der Waals surface area (Å²) in [6.07, 6.45) is 0.0289. The summed E-state index contributed by atoms with van der Waals surface area (Å²) in [4.78, 5) is 53.7. The van der Waals surface area contributed by atoms with Gasteiger partial charge in [-0.3, -0.25) is 19.3 Å². The lowest BCUT2D eigenvalue weighted by Crippen LogP contribution is -2.47. The maximum Gasteiger partial charge on any atom is 0.330 e. The van der Waals surface area contributed by atoms with Crippen LogP contribution in [-0.4, -0.2) is 45.7 Å². The van der Waals surface area contributed by atoms with Crippen molar-refractivity contribution in [1.82, 2.24) is 9.47 Å². The molecule has 7 nitrogen and oxygen atoms in total. The van der Waals surface area contributed by atoms with Crippen molar-refractivity contribution in [2.24, 2.45) is 0 Å². The van der Waals surface area contributed by atoms with Crippen molar-refractivity contribution in [2.45, 2.75) is 26.3 Å². The number of Topliss-reactive ketones (excluding diaryl/α,β-unsaturated/α-hetero) is 1. The number of ketones is 1. The highest BCUT2D eigenvalue weighted by molar-refractivity contribution is 6.22. The number of nitrogens with zero attached hydrogens (tertiary/aromatic N) is 2.